The number of nitriles is 1. The van der Waals surface area contributed by atoms with Gasteiger partial charge in [-0.2, -0.15) is 5.26 Å². The van der Waals surface area contributed by atoms with E-state index in [0.29, 0.717) is 22.6 Å². The number of piperidine rings is 1. The van der Waals surface area contributed by atoms with Gasteiger partial charge in [0.25, 0.3) is 5.56 Å². The molecule has 0 unspecified atom stereocenters. The van der Waals surface area contributed by atoms with Crippen molar-refractivity contribution >= 4 is 16.7 Å². The van der Waals surface area contributed by atoms with Crippen molar-refractivity contribution in [3.8, 4) is 6.07 Å². The summed E-state index contributed by atoms with van der Waals surface area (Å²) in [6.45, 7) is 1.76. The third-order valence-corrected chi connectivity index (χ3v) is 4.32. The normalized spacial score (nSPS) is 15.9. The summed E-state index contributed by atoms with van der Waals surface area (Å²) >= 11 is 0. The number of nitrogens with one attached hydrogen (secondary N) is 1. The Bertz CT molecular complexity index is 770. The summed E-state index contributed by atoms with van der Waals surface area (Å²) in [6.07, 6.45) is 4.39. The first-order valence-electron chi connectivity index (χ1n) is 7.51. The SMILES string of the molecule is N#Cc1c(N2CCC(CCO)CC2)c2ncccc2[nH]c1=O. The maximum atomic E-state index is 12.1. The van der Waals surface area contributed by atoms with E-state index in [0.717, 1.165) is 32.4 Å². The van der Waals surface area contributed by atoms with Gasteiger partial charge in [0, 0.05) is 25.9 Å². The van der Waals surface area contributed by atoms with Crippen molar-refractivity contribution in [3.63, 3.8) is 0 Å². The van der Waals surface area contributed by atoms with E-state index in [1.807, 2.05) is 6.07 Å². The van der Waals surface area contributed by atoms with Crippen molar-refractivity contribution in [1.82, 2.24) is 9.97 Å². The Morgan fingerprint density at radius 3 is 2.91 bits per heavy atom. The number of hydrogen-bond acceptors (Lipinski definition) is 5. The summed E-state index contributed by atoms with van der Waals surface area (Å²) in [5, 5.41) is 18.4. The zero-order valence-corrected chi connectivity index (χ0v) is 12.2. The van der Waals surface area contributed by atoms with Crippen LogP contribution in [0.5, 0.6) is 0 Å². The predicted octanol–water partition coefficient (Wildman–Crippen LogP) is 1.39. The number of hydrogen-bond donors (Lipinski definition) is 2. The van der Waals surface area contributed by atoms with Crippen molar-refractivity contribution < 1.29 is 5.11 Å². The Balaban J connectivity index is 2.03. The van der Waals surface area contributed by atoms with Gasteiger partial charge in [-0.3, -0.25) is 9.78 Å². The predicted molar refractivity (Wildman–Crippen MR) is 83.7 cm³/mol. The molecule has 3 rings (SSSR count). The summed E-state index contributed by atoms with van der Waals surface area (Å²) in [6, 6.07) is 5.59. The van der Waals surface area contributed by atoms with Crippen LogP contribution in [0.3, 0.4) is 0 Å². The van der Waals surface area contributed by atoms with E-state index in [-0.39, 0.29) is 17.7 Å². The largest absolute Gasteiger partial charge is 0.396 e. The highest BCUT2D eigenvalue weighted by molar-refractivity contribution is 5.90. The fraction of sp³-hybridized carbons (Fsp3) is 0.438. The minimum Gasteiger partial charge on any atom is -0.396 e. The molecule has 2 aromatic rings. The van der Waals surface area contributed by atoms with Gasteiger partial charge in [-0.05, 0) is 37.3 Å². The minimum atomic E-state index is -0.365. The number of rotatable bonds is 3. The molecule has 0 saturated carbocycles. The first-order valence-corrected chi connectivity index (χ1v) is 7.51. The van der Waals surface area contributed by atoms with Crippen LogP contribution in [0.15, 0.2) is 23.1 Å². The lowest BCUT2D eigenvalue weighted by Gasteiger charge is -2.34. The van der Waals surface area contributed by atoms with Crippen LogP contribution in [0, 0.1) is 17.2 Å². The van der Waals surface area contributed by atoms with Crippen LogP contribution in [0.25, 0.3) is 11.0 Å². The summed E-state index contributed by atoms with van der Waals surface area (Å²) in [5.74, 6) is 0.507. The zero-order chi connectivity index (χ0) is 15.5. The number of fused-ring (bicyclic) bond motifs is 1. The van der Waals surface area contributed by atoms with Crippen LogP contribution in [0.4, 0.5) is 5.69 Å². The Hall–Kier alpha value is -2.39. The summed E-state index contributed by atoms with van der Waals surface area (Å²) in [5.41, 5.74) is 1.73. The lowest BCUT2D eigenvalue weighted by Crippen LogP contribution is -2.36. The molecule has 1 fully saturated rings. The van der Waals surface area contributed by atoms with Gasteiger partial charge in [-0.1, -0.05) is 0 Å². The molecule has 0 atom stereocenters. The molecule has 1 aliphatic rings. The lowest BCUT2D eigenvalue weighted by molar-refractivity contribution is 0.240. The number of aromatic amines is 1. The van der Waals surface area contributed by atoms with Gasteiger partial charge in [-0.15, -0.1) is 0 Å². The minimum absolute atomic E-state index is 0.131. The smallest absolute Gasteiger partial charge is 0.268 e. The molecule has 3 heterocycles. The van der Waals surface area contributed by atoms with Crippen molar-refractivity contribution in [2.45, 2.75) is 19.3 Å². The van der Waals surface area contributed by atoms with E-state index in [4.69, 9.17) is 5.11 Å². The van der Waals surface area contributed by atoms with E-state index in [2.05, 4.69) is 14.9 Å². The molecular weight excluding hydrogens is 280 g/mol. The summed E-state index contributed by atoms with van der Waals surface area (Å²) in [4.78, 5) is 21.3. The Labute approximate surface area is 128 Å². The van der Waals surface area contributed by atoms with Crippen LogP contribution in [-0.4, -0.2) is 34.8 Å². The summed E-state index contributed by atoms with van der Waals surface area (Å²) in [7, 11) is 0. The third kappa shape index (κ3) is 2.55. The topological polar surface area (TPSA) is 93.0 Å². The average Bonchev–Trinajstić information content (AvgIpc) is 2.55. The molecule has 6 heteroatoms. The number of aromatic nitrogens is 2. The molecule has 2 aromatic heterocycles. The van der Waals surface area contributed by atoms with Crippen LogP contribution in [0.2, 0.25) is 0 Å². The number of pyridine rings is 2. The highest BCUT2D eigenvalue weighted by atomic mass is 16.3. The second-order valence-electron chi connectivity index (χ2n) is 5.63. The molecule has 0 radical (unpaired) electrons. The molecule has 114 valence electrons. The van der Waals surface area contributed by atoms with Gasteiger partial charge < -0.3 is 15.0 Å². The van der Waals surface area contributed by atoms with Crippen LogP contribution in [-0.2, 0) is 0 Å². The maximum Gasteiger partial charge on any atom is 0.268 e. The molecule has 1 aliphatic heterocycles. The monoisotopic (exact) mass is 298 g/mol. The first kappa shape index (κ1) is 14.5. The fourth-order valence-corrected chi connectivity index (χ4v) is 3.15. The van der Waals surface area contributed by atoms with Crippen LogP contribution in [0.1, 0.15) is 24.8 Å². The van der Waals surface area contributed by atoms with Crippen molar-refractivity contribution in [2.24, 2.45) is 5.92 Å². The number of H-pyrrole nitrogens is 1. The molecular formula is C16H18N4O2. The van der Waals surface area contributed by atoms with E-state index < -0.39 is 0 Å². The quantitative estimate of drug-likeness (QED) is 0.893. The third-order valence-electron chi connectivity index (χ3n) is 4.32. The van der Waals surface area contributed by atoms with Crippen molar-refractivity contribution in [1.29, 1.82) is 5.26 Å². The number of aliphatic hydroxyl groups excluding tert-OH is 1. The first-order chi connectivity index (χ1) is 10.7. The molecule has 2 N–H and O–H groups in total. The van der Waals surface area contributed by atoms with E-state index >= 15 is 0 Å². The van der Waals surface area contributed by atoms with E-state index in [1.54, 1.807) is 18.3 Å². The van der Waals surface area contributed by atoms with Crippen LogP contribution < -0.4 is 10.5 Å². The Morgan fingerprint density at radius 1 is 1.45 bits per heavy atom. The molecule has 22 heavy (non-hydrogen) atoms. The van der Waals surface area contributed by atoms with E-state index in [1.165, 1.54) is 0 Å². The highest BCUT2D eigenvalue weighted by Gasteiger charge is 2.24. The second kappa shape index (κ2) is 6.16. The molecule has 0 aromatic carbocycles. The molecule has 6 nitrogen and oxygen atoms in total. The van der Waals surface area contributed by atoms with Gasteiger partial charge >= 0.3 is 0 Å². The molecule has 1 saturated heterocycles. The number of nitrogens with zero attached hydrogens (tertiary/aromatic N) is 3. The Morgan fingerprint density at radius 2 is 2.23 bits per heavy atom. The van der Waals surface area contributed by atoms with E-state index in [9.17, 15) is 10.1 Å². The van der Waals surface area contributed by atoms with Crippen molar-refractivity contribution in [2.75, 3.05) is 24.6 Å². The standard InChI is InChI=1S/C16H18N4O2/c17-10-12-15(20-7-3-11(4-8-20)5-9-21)14-13(19-16(12)22)2-1-6-18-14/h1-2,6,11,21H,3-5,7-9H2,(H,19,22). The van der Waals surface area contributed by atoms with Gasteiger partial charge in [0.2, 0.25) is 0 Å². The Kier molecular flexibility index (Phi) is 4.07. The number of anilines is 1. The molecule has 0 aliphatic carbocycles. The summed E-state index contributed by atoms with van der Waals surface area (Å²) < 4.78 is 0. The van der Waals surface area contributed by atoms with Crippen molar-refractivity contribution in [3.05, 3.63) is 34.2 Å². The van der Waals surface area contributed by atoms with Crippen LogP contribution >= 0.6 is 0 Å². The maximum absolute atomic E-state index is 12.1. The molecule has 0 amide bonds. The number of aliphatic hydroxyl groups is 1. The molecule has 0 spiro atoms. The average molecular weight is 298 g/mol. The second-order valence-corrected chi connectivity index (χ2v) is 5.63. The lowest BCUT2D eigenvalue weighted by atomic mass is 9.93. The van der Waals surface area contributed by atoms with Gasteiger partial charge in [0.05, 0.1) is 11.2 Å². The zero-order valence-electron chi connectivity index (χ0n) is 12.2. The highest BCUT2D eigenvalue weighted by Crippen LogP contribution is 2.30. The fourth-order valence-electron chi connectivity index (χ4n) is 3.15. The van der Waals surface area contributed by atoms with Gasteiger partial charge in [0.1, 0.15) is 17.1 Å². The molecule has 0 bridgehead atoms. The van der Waals surface area contributed by atoms with Gasteiger partial charge in [0.15, 0.2) is 0 Å². The van der Waals surface area contributed by atoms with Gasteiger partial charge in [-0.25, -0.2) is 0 Å².